The van der Waals surface area contributed by atoms with Crippen LogP contribution in [0.4, 0.5) is 0 Å². The number of benzene rings is 1. The van der Waals surface area contributed by atoms with E-state index in [1.54, 1.807) is 6.92 Å². The molecule has 2 aliphatic rings. The molecule has 1 fully saturated rings. The van der Waals surface area contributed by atoms with Gasteiger partial charge >= 0.3 is 0 Å². The maximum atomic E-state index is 12.1. The number of carbonyl (C=O) groups is 1. The van der Waals surface area contributed by atoms with Crippen molar-refractivity contribution >= 4 is 15.7 Å². The second-order valence-electron chi connectivity index (χ2n) is 6.14. The summed E-state index contributed by atoms with van der Waals surface area (Å²) in [6.45, 7) is 2.02. The molecule has 0 aromatic heterocycles. The highest BCUT2D eigenvalue weighted by molar-refractivity contribution is 7.91. The van der Waals surface area contributed by atoms with Gasteiger partial charge in [-0.25, -0.2) is 8.42 Å². The van der Waals surface area contributed by atoms with Gasteiger partial charge in [-0.05, 0) is 37.5 Å². The van der Waals surface area contributed by atoms with E-state index in [4.69, 9.17) is 9.47 Å². The molecule has 0 aliphatic carbocycles. The lowest BCUT2D eigenvalue weighted by atomic mass is 10.0. The molecule has 1 atom stereocenters. The fourth-order valence-corrected chi connectivity index (χ4v) is 4.96. The van der Waals surface area contributed by atoms with Crippen molar-refractivity contribution < 1.29 is 22.7 Å². The number of nitrogens with one attached hydrogen (secondary N) is 1. The van der Waals surface area contributed by atoms with Gasteiger partial charge in [-0.3, -0.25) is 4.79 Å². The van der Waals surface area contributed by atoms with Crippen molar-refractivity contribution in [1.29, 1.82) is 0 Å². The lowest BCUT2D eigenvalue weighted by Crippen LogP contribution is -2.47. The van der Waals surface area contributed by atoms with E-state index in [0.717, 1.165) is 11.3 Å². The molecule has 1 amide bonds. The zero-order valence-electron chi connectivity index (χ0n) is 12.4. The standard InChI is InChI=1S/C15H19NO5S/c1-15(6-7-22(18,19)9-15)16-14(17)5-3-11-2-4-12-13(8-11)21-10-20-12/h2,4,8H,3,5-7,9-10H2,1H3,(H,16,17). The molecule has 0 radical (unpaired) electrons. The Kier molecular flexibility index (Phi) is 3.76. The first kappa shape index (κ1) is 15.1. The highest BCUT2D eigenvalue weighted by Crippen LogP contribution is 2.32. The van der Waals surface area contributed by atoms with Crippen LogP contribution in [0.3, 0.4) is 0 Å². The molecule has 22 heavy (non-hydrogen) atoms. The van der Waals surface area contributed by atoms with Crippen LogP contribution >= 0.6 is 0 Å². The molecule has 6 nitrogen and oxygen atoms in total. The summed E-state index contributed by atoms with van der Waals surface area (Å²) in [5, 5.41) is 2.86. The van der Waals surface area contributed by atoms with Crippen LogP contribution in [-0.2, 0) is 21.1 Å². The molecule has 0 bridgehead atoms. The Bertz CT molecular complexity index is 700. The third kappa shape index (κ3) is 3.35. The van der Waals surface area contributed by atoms with Crippen LogP contribution in [0.1, 0.15) is 25.3 Å². The molecule has 2 aliphatic heterocycles. The molecule has 1 aromatic carbocycles. The van der Waals surface area contributed by atoms with Gasteiger partial charge in [-0.2, -0.15) is 0 Å². The molecule has 1 unspecified atom stereocenters. The van der Waals surface area contributed by atoms with E-state index in [2.05, 4.69) is 5.32 Å². The quantitative estimate of drug-likeness (QED) is 0.894. The van der Waals surface area contributed by atoms with Crippen LogP contribution in [0.25, 0.3) is 0 Å². The van der Waals surface area contributed by atoms with Crippen LogP contribution in [0, 0.1) is 0 Å². The zero-order chi connectivity index (χ0) is 15.8. The number of amides is 1. The Morgan fingerprint density at radius 1 is 1.32 bits per heavy atom. The summed E-state index contributed by atoms with van der Waals surface area (Å²) in [7, 11) is -3.02. The first-order valence-electron chi connectivity index (χ1n) is 7.25. The number of hydrogen-bond donors (Lipinski definition) is 1. The van der Waals surface area contributed by atoms with Crippen molar-refractivity contribution in [3.8, 4) is 11.5 Å². The summed E-state index contributed by atoms with van der Waals surface area (Å²) < 4.78 is 33.6. The molecule has 7 heteroatoms. The van der Waals surface area contributed by atoms with E-state index < -0.39 is 15.4 Å². The SMILES string of the molecule is CC1(NC(=O)CCc2ccc3c(c2)OCO3)CCS(=O)(=O)C1. The Labute approximate surface area is 129 Å². The summed E-state index contributed by atoms with van der Waals surface area (Å²) in [6, 6.07) is 5.61. The zero-order valence-corrected chi connectivity index (χ0v) is 13.2. The number of carbonyl (C=O) groups excluding carboxylic acids is 1. The number of aryl methyl sites for hydroxylation is 1. The number of hydrogen-bond acceptors (Lipinski definition) is 5. The lowest BCUT2D eigenvalue weighted by Gasteiger charge is -2.23. The van der Waals surface area contributed by atoms with Gasteiger partial charge in [-0.15, -0.1) is 0 Å². The maximum absolute atomic E-state index is 12.1. The fraction of sp³-hybridized carbons (Fsp3) is 0.533. The monoisotopic (exact) mass is 325 g/mol. The Morgan fingerprint density at radius 2 is 2.09 bits per heavy atom. The first-order chi connectivity index (χ1) is 10.4. The van der Waals surface area contributed by atoms with E-state index in [1.165, 1.54) is 0 Å². The minimum Gasteiger partial charge on any atom is -0.454 e. The smallest absolute Gasteiger partial charge is 0.231 e. The van der Waals surface area contributed by atoms with Crippen molar-refractivity contribution in [2.24, 2.45) is 0 Å². The highest BCUT2D eigenvalue weighted by atomic mass is 32.2. The van der Waals surface area contributed by atoms with E-state index in [9.17, 15) is 13.2 Å². The molecule has 0 saturated carbocycles. The van der Waals surface area contributed by atoms with Crippen LogP contribution in [0.2, 0.25) is 0 Å². The Hall–Kier alpha value is -1.76. The highest BCUT2D eigenvalue weighted by Gasteiger charge is 2.39. The summed E-state index contributed by atoms with van der Waals surface area (Å²) in [4.78, 5) is 12.1. The van der Waals surface area contributed by atoms with Crippen molar-refractivity contribution in [3.63, 3.8) is 0 Å². The van der Waals surface area contributed by atoms with Gasteiger partial charge in [0.15, 0.2) is 21.3 Å². The van der Waals surface area contributed by atoms with E-state index in [-0.39, 0.29) is 24.2 Å². The summed E-state index contributed by atoms with van der Waals surface area (Å²) in [5.41, 5.74) is 0.355. The van der Waals surface area contributed by atoms with Crippen LogP contribution in [-0.4, -0.2) is 38.2 Å². The molecule has 0 spiro atoms. The second-order valence-corrected chi connectivity index (χ2v) is 8.32. The van der Waals surface area contributed by atoms with Crippen molar-refractivity contribution in [3.05, 3.63) is 23.8 Å². The molecule has 2 heterocycles. The first-order valence-corrected chi connectivity index (χ1v) is 9.07. The van der Waals surface area contributed by atoms with Crippen LogP contribution in [0.15, 0.2) is 18.2 Å². The largest absolute Gasteiger partial charge is 0.454 e. The summed E-state index contributed by atoms with van der Waals surface area (Å²) >= 11 is 0. The van der Waals surface area contributed by atoms with Gasteiger partial charge in [0, 0.05) is 6.42 Å². The number of rotatable bonds is 4. The molecular weight excluding hydrogens is 306 g/mol. The molecule has 3 rings (SSSR count). The van der Waals surface area contributed by atoms with Gasteiger partial charge in [0.25, 0.3) is 0 Å². The average molecular weight is 325 g/mol. The average Bonchev–Trinajstić information content (AvgIpc) is 3.00. The predicted molar refractivity (Wildman–Crippen MR) is 80.7 cm³/mol. The normalized spacial score (nSPS) is 25.1. The molecule has 1 N–H and O–H groups in total. The van der Waals surface area contributed by atoms with E-state index in [0.29, 0.717) is 25.0 Å². The third-order valence-corrected chi connectivity index (χ3v) is 5.93. The number of sulfone groups is 1. The van der Waals surface area contributed by atoms with E-state index >= 15 is 0 Å². The second kappa shape index (κ2) is 5.46. The van der Waals surface area contributed by atoms with Crippen LogP contribution < -0.4 is 14.8 Å². The van der Waals surface area contributed by atoms with Crippen molar-refractivity contribution in [1.82, 2.24) is 5.32 Å². The fourth-order valence-electron chi connectivity index (χ4n) is 2.86. The maximum Gasteiger partial charge on any atom is 0.231 e. The minimum atomic E-state index is -3.02. The summed E-state index contributed by atoms with van der Waals surface area (Å²) in [5.74, 6) is 1.46. The predicted octanol–water partition coefficient (Wildman–Crippen LogP) is 1.04. The summed E-state index contributed by atoms with van der Waals surface area (Å²) in [6.07, 6.45) is 1.37. The number of fused-ring (bicyclic) bond motifs is 1. The van der Waals surface area contributed by atoms with Crippen molar-refractivity contribution in [2.75, 3.05) is 18.3 Å². The molecule has 1 aromatic rings. The van der Waals surface area contributed by atoms with Crippen molar-refractivity contribution in [2.45, 2.75) is 31.7 Å². The van der Waals surface area contributed by atoms with E-state index in [1.807, 2.05) is 18.2 Å². The van der Waals surface area contributed by atoms with Gasteiger partial charge in [0.05, 0.1) is 17.0 Å². The van der Waals surface area contributed by atoms with Gasteiger partial charge in [0.2, 0.25) is 12.7 Å². The van der Waals surface area contributed by atoms with Crippen LogP contribution in [0.5, 0.6) is 11.5 Å². The molecular formula is C15H19NO5S. The molecule has 1 saturated heterocycles. The topological polar surface area (TPSA) is 81.7 Å². The van der Waals surface area contributed by atoms with Gasteiger partial charge in [-0.1, -0.05) is 6.07 Å². The molecule has 120 valence electrons. The third-order valence-electron chi connectivity index (χ3n) is 4.02. The Morgan fingerprint density at radius 3 is 2.82 bits per heavy atom. The van der Waals surface area contributed by atoms with Gasteiger partial charge in [0.1, 0.15) is 0 Å². The minimum absolute atomic E-state index is 0.0236. The Balaban J connectivity index is 1.54. The lowest BCUT2D eigenvalue weighted by molar-refractivity contribution is -0.122. The van der Waals surface area contributed by atoms with Gasteiger partial charge < -0.3 is 14.8 Å². The number of ether oxygens (including phenoxy) is 2.